The summed E-state index contributed by atoms with van der Waals surface area (Å²) in [5.74, 6) is -0.484. The molecule has 230 valence electrons. The van der Waals surface area contributed by atoms with Gasteiger partial charge in [-0.05, 0) is 86.2 Å². The van der Waals surface area contributed by atoms with Gasteiger partial charge in [-0.25, -0.2) is 4.72 Å². The van der Waals surface area contributed by atoms with Gasteiger partial charge < -0.3 is 19.3 Å². The Kier molecular flexibility index (Phi) is 7.99. The minimum Gasteiger partial charge on any atom is -0.497 e. The Morgan fingerprint density at radius 3 is 2.28 bits per heavy atom. The Morgan fingerprint density at radius 1 is 1.00 bits per heavy atom. The summed E-state index contributed by atoms with van der Waals surface area (Å²) in [6.45, 7) is 2.09. The number of piperazine rings is 1. The molecule has 1 aromatic heterocycles. The summed E-state index contributed by atoms with van der Waals surface area (Å²) in [4.78, 5) is 27.9. The standard InChI is InChI=1S/C32H40N4O6S/c1-34-16-18-35(19-17-34)43(40,41)33-30(37)24-10-13-26-27(20-24)36(21-32(14-15-32)31(38)39)29(23-8-11-25(42-2)12-9-23)28(26)22-6-4-3-5-7-22/h8-13,20,22H,3-7,14-19,21H2,1-2H3,(H,33,37)(H,38,39). The van der Waals surface area contributed by atoms with Crippen molar-refractivity contribution >= 4 is 33.0 Å². The predicted molar refractivity (Wildman–Crippen MR) is 165 cm³/mol. The number of likely N-dealkylation sites (N-methyl/N-ethyl adjacent to an activating group) is 1. The molecule has 0 spiro atoms. The van der Waals surface area contributed by atoms with Gasteiger partial charge in [0.1, 0.15) is 5.75 Å². The van der Waals surface area contributed by atoms with Crippen molar-refractivity contribution in [2.45, 2.75) is 57.4 Å². The molecule has 2 heterocycles. The molecule has 1 saturated heterocycles. The van der Waals surface area contributed by atoms with Crippen LogP contribution in [0.4, 0.5) is 0 Å². The predicted octanol–water partition coefficient (Wildman–Crippen LogP) is 4.45. The number of carbonyl (C=O) groups excluding carboxylic acids is 1. The summed E-state index contributed by atoms with van der Waals surface area (Å²) in [6.07, 6.45) is 6.71. The summed E-state index contributed by atoms with van der Waals surface area (Å²) in [5.41, 5.74) is 3.23. The van der Waals surface area contributed by atoms with E-state index in [1.54, 1.807) is 19.2 Å². The number of aliphatic carboxylic acids is 1. The number of aromatic nitrogens is 1. The first-order valence-corrected chi connectivity index (χ1v) is 16.6. The zero-order valence-corrected chi connectivity index (χ0v) is 25.7. The number of hydrogen-bond donors (Lipinski definition) is 2. The Bertz CT molecular complexity index is 1630. The molecule has 0 unspecified atom stereocenters. The lowest BCUT2D eigenvalue weighted by molar-refractivity contribution is -0.143. The minimum atomic E-state index is -4.01. The quantitative estimate of drug-likeness (QED) is 0.368. The first kappa shape index (κ1) is 29.7. The monoisotopic (exact) mass is 608 g/mol. The minimum absolute atomic E-state index is 0.223. The van der Waals surface area contributed by atoms with Gasteiger partial charge in [-0.2, -0.15) is 12.7 Å². The van der Waals surface area contributed by atoms with E-state index >= 15 is 0 Å². The van der Waals surface area contributed by atoms with Crippen LogP contribution < -0.4 is 9.46 Å². The third kappa shape index (κ3) is 5.77. The normalized spacial score (nSPS) is 19.8. The number of fused-ring (bicyclic) bond motifs is 1. The van der Waals surface area contributed by atoms with Crippen molar-refractivity contribution in [3.63, 3.8) is 0 Å². The van der Waals surface area contributed by atoms with E-state index in [0.717, 1.165) is 53.6 Å². The molecule has 6 rings (SSSR count). The second-order valence-corrected chi connectivity index (χ2v) is 14.0. The number of nitrogens with one attached hydrogen (secondary N) is 1. The maximum atomic E-state index is 13.4. The summed E-state index contributed by atoms with van der Waals surface area (Å²) in [7, 11) is -0.447. The SMILES string of the molecule is COc1ccc(-c2c(C3CCCCC3)c3ccc(C(=O)NS(=O)(=O)N4CCN(C)CC4)cc3n2CC2(C(=O)O)CC2)cc1. The maximum Gasteiger partial charge on any atom is 0.311 e. The van der Waals surface area contributed by atoms with E-state index in [1.807, 2.05) is 42.3 Å². The number of rotatable bonds is 9. The number of amides is 1. The first-order valence-electron chi connectivity index (χ1n) is 15.2. The Hall–Kier alpha value is -3.41. The fourth-order valence-corrected chi connectivity index (χ4v) is 7.83. The fraction of sp³-hybridized carbons (Fsp3) is 0.500. The smallest absolute Gasteiger partial charge is 0.311 e. The van der Waals surface area contributed by atoms with Crippen LogP contribution in [0.1, 0.15) is 66.8 Å². The van der Waals surface area contributed by atoms with Crippen molar-refractivity contribution < 1.29 is 27.9 Å². The van der Waals surface area contributed by atoms with Crippen molar-refractivity contribution in [1.29, 1.82) is 0 Å². The van der Waals surface area contributed by atoms with Crippen LogP contribution in [-0.2, 0) is 21.5 Å². The van der Waals surface area contributed by atoms with Gasteiger partial charge in [0.15, 0.2) is 0 Å². The van der Waals surface area contributed by atoms with Crippen LogP contribution in [0.2, 0.25) is 0 Å². The second-order valence-electron chi connectivity index (χ2n) is 12.4. The van der Waals surface area contributed by atoms with Gasteiger partial charge in [-0.3, -0.25) is 9.59 Å². The van der Waals surface area contributed by atoms with Gasteiger partial charge in [-0.15, -0.1) is 0 Å². The van der Waals surface area contributed by atoms with Crippen LogP contribution in [-0.4, -0.2) is 79.5 Å². The average Bonchev–Trinajstić information content (AvgIpc) is 3.74. The fourth-order valence-electron chi connectivity index (χ4n) is 6.71. The number of methoxy groups -OCH3 is 1. The summed E-state index contributed by atoms with van der Waals surface area (Å²) < 4.78 is 37.2. The van der Waals surface area contributed by atoms with E-state index in [4.69, 9.17) is 4.74 Å². The van der Waals surface area contributed by atoms with Crippen LogP contribution in [0, 0.1) is 5.41 Å². The molecular weight excluding hydrogens is 568 g/mol. The molecule has 3 aromatic rings. The Labute approximate surface area is 252 Å². The van der Waals surface area contributed by atoms with Crippen LogP contribution in [0.15, 0.2) is 42.5 Å². The Balaban J connectivity index is 1.47. The van der Waals surface area contributed by atoms with Gasteiger partial charge in [0, 0.05) is 49.2 Å². The maximum absolute atomic E-state index is 13.4. The molecule has 0 radical (unpaired) electrons. The molecule has 2 aliphatic carbocycles. The third-order valence-electron chi connectivity index (χ3n) is 9.53. The van der Waals surface area contributed by atoms with E-state index < -0.39 is 27.5 Å². The zero-order chi connectivity index (χ0) is 30.4. The van der Waals surface area contributed by atoms with E-state index in [2.05, 4.69) is 9.29 Å². The molecule has 0 atom stereocenters. The molecule has 11 heteroatoms. The van der Waals surface area contributed by atoms with Gasteiger partial charge in [-0.1, -0.05) is 25.3 Å². The van der Waals surface area contributed by atoms with E-state index in [0.29, 0.717) is 44.9 Å². The number of ether oxygens (including phenoxy) is 1. The highest BCUT2D eigenvalue weighted by Crippen LogP contribution is 2.51. The molecule has 3 fully saturated rings. The lowest BCUT2D eigenvalue weighted by atomic mass is 9.81. The highest BCUT2D eigenvalue weighted by Gasteiger charge is 2.51. The van der Waals surface area contributed by atoms with Crippen LogP contribution >= 0.6 is 0 Å². The number of carboxylic acids is 1. The molecule has 2 N–H and O–H groups in total. The highest BCUT2D eigenvalue weighted by atomic mass is 32.2. The molecule has 43 heavy (non-hydrogen) atoms. The molecule has 2 aromatic carbocycles. The van der Waals surface area contributed by atoms with E-state index in [9.17, 15) is 23.1 Å². The van der Waals surface area contributed by atoms with Gasteiger partial charge >= 0.3 is 16.2 Å². The molecular formula is C32H40N4O6S. The number of carboxylic acid groups (broad SMARTS) is 1. The van der Waals surface area contributed by atoms with E-state index in [-0.39, 0.29) is 12.1 Å². The van der Waals surface area contributed by atoms with Gasteiger partial charge in [0.05, 0.1) is 18.2 Å². The highest BCUT2D eigenvalue weighted by molar-refractivity contribution is 7.87. The summed E-state index contributed by atoms with van der Waals surface area (Å²) in [6, 6.07) is 13.2. The molecule has 10 nitrogen and oxygen atoms in total. The Morgan fingerprint density at radius 2 is 1.67 bits per heavy atom. The molecule has 0 bridgehead atoms. The van der Waals surface area contributed by atoms with Crippen LogP contribution in [0.5, 0.6) is 5.75 Å². The number of hydrogen-bond acceptors (Lipinski definition) is 6. The van der Waals surface area contributed by atoms with Crippen molar-refractivity contribution in [1.82, 2.24) is 18.5 Å². The van der Waals surface area contributed by atoms with Crippen molar-refractivity contribution in [3.8, 4) is 17.0 Å². The third-order valence-corrected chi connectivity index (χ3v) is 11.0. The van der Waals surface area contributed by atoms with Gasteiger partial charge in [0.25, 0.3) is 5.91 Å². The largest absolute Gasteiger partial charge is 0.497 e. The van der Waals surface area contributed by atoms with Crippen LogP contribution in [0.3, 0.4) is 0 Å². The van der Waals surface area contributed by atoms with E-state index in [1.165, 1.54) is 16.3 Å². The second kappa shape index (κ2) is 11.6. The number of nitrogens with zero attached hydrogens (tertiary/aromatic N) is 3. The lowest BCUT2D eigenvalue weighted by Gasteiger charge is -2.31. The molecule has 1 amide bonds. The first-order chi connectivity index (χ1) is 20.6. The van der Waals surface area contributed by atoms with Crippen molar-refractivity contribution in [2.75, 3.05) is 40.3 Å². The van der Waals surface area contributed by atoms with Crippen LogP contribution in [0.25, 0.3) is 22.2 Å². The average molecular weight is 609 g/mol. The number of carbonyl (C=O) groups is 2. The molecule has 3 aliphatic rings. The zero-order valence-electron chi connectivity index (χ0n) is 24.8. The van der Waals surface area contributed by atoms with Gasteiger partial charge in [0.2, 0.25) is 0 Å². The summed E-state index contributed by atoms with van der Waals surface area (Å²) in [5, 5.41) is 11.1. The summed E-state index contributed by atoms with van der Waals surface area (Å²) >= 11 is 0. The molecule has 1 aliphatic heterocycles. The van der Waals surface area contributed by atoms with Crippen molar-refractivity contribution in [2.24, 2.45) is 5.41 Å². The topological polar surface area (TPSA) is 121 Å². The lowest BCUT2D eigenvalue weighted by Crippen LogP contribution is -2.52. The molecule has 2 saturated carbocycles. The number of benzene rings is 2. The van der Waals surface area contributed by atoms with Crippen molar-refractivity contribution in [3.05, 3.63) is 53.6 Å².